The summed E-state index contributed by atoms with van der Waals surface area (Å²) in [6.07, 6.45) is 7.85. The van der Waals surface area contributed by atoms with Crippen LogP contribution in [0.1, 0.15) is 64.0 Å². The van der Waals surface area contributed by atoms with Crippen molar-refractivity contribution in [2.75, 3.05) is 13.7 Å². The molecular weight excluding hydrogens is 335 g/mol. The second-order valence-electron chi connectivity index (χ2n) is 8.00. The van der Waals surface area contributed by atoms with Gasteiger partial charge in [0.25, 0.3) is 0 Å². The molecule has 1 saturated carbocycles. The molecule has 1 atom stereocenters. The van der Waals surface area contributed by atoms with Crippen molar-refractivity contribution < 1.29 is 19.0 Å². The summed E-state index contributed by atoms with van der Waals surface area (Å²) in [5.41, 5.74) is 0.357. The van der Waals surface area contributed by atoms with Crippen LogP contribution in [0, 0.1) is 17.7 Å². The number of hydrogen-bond donors (Lipinski definition) is 2. The Morgan fingerprint density at radius 2 is 2.08 bits per heavy atom. The summed E-state index contributed by atoms with van der Waals surface area (Å²) in [4.78, 5) is 15.4. The third-order valence-electron chi connectivity index (χ3n) is 5.44. The van der Waals surface area contributed by atoms with Gasteiger partial charge in [0.1, 0.15) is 5.82 Å². The third kappa shape index (κ3) is 6.32. The predicted octanol–water partition coefficient (Wildman–Crippen LogP) is 3.38. The summed E-state index contributed by atoms with van der Waals surface area (Å²) < 4.78 is 18.0. The van der Waals surface area contributed by atoms with Gasteiger partial charge in [0, 0.05) is 23.8 Å². The summed E-state index contributed by atoms with van der Waals surface area (Å²) >= 11 is 0. The van der Waals surface area contributed by atoms with Crippen molar-refractivity contribution in [3.05, 3.63) is 29.8 Å². The maximum atomic E-state index is 13.2. The van der Waals surface area contributed by atoms with Crippen molar-refractivity contribution in [2.24, 2.45) is 11.8 Å². The van der Waals surface area contributed by atoms with Gasteiger partial charge in [-0.05, 0) is 64.4 Å². The van der Waals surface area contributed by atoms with Gasteiger partial charge < -0.3 is 15.2 Å². The van der Waals surface area contributed by atoms with Crippen molar-refractivity contribution in [1.29, 1.82) is 0 Å². The highest BCUT2D eigenvalue weighted by Crippen LogP contribution is 2.33. The van der Waals surface area contributed by atoms with Gasteiger partial charge >= 0.3 is 5.97 Å². The van der Waals surface area contributed by atoms with Gasteiger partial charge in [0.2, 0.25) is 0 Å². The zero-order valence-corrected chi connectivity index (χ0v) is 16.0. The molecule has 0 spiro atoms. The van der Waals surface area contributed by atoms with Crippen molar-refractivity contribution in [3.63, 3.8) is 0 Å². The number of esters is 1. The Bertz CT molecular complexity index is 586. The van der Waals surface area contributed by atoms with Crippen LogP contribution in [0.15, 0.2) is 18.5 Å². The first kappa shape index (κ1) is 20.8. The number of ether oxygens (including phenoxy) is 1. The Hall–Kier alpha value is -1.53. The average molecular weight is 366 g/mol. The minimum absolute atomic E-state index is 0.0670. The maximum Gasteiger partial charge on any atom is 0.308 e. The molecule has 5 nitrogen and oxygen atoms in total. The second-order valence-corrected chi connectivity index (χ2v) is 8.00. The molecule has 0 aliphatic heterocycles. The Morgan fingerprint density at radius 3 is 2.69 bits per heavy atom. The van der Waals surface area contributed by atoms with Gasteiger partial charge in [-0.3, -0.25) is 9.78 Å². The quantitative estimate of drug-likeness (QED) is 0.690. The summed E-state index contributed by atoms with van der Waals surface area (Å²) in [6.45, 7) is 4.58. The van der Waals surface area contributed by atoms with E-state index in [1.807, 2.05) is 0 Å². The lowest BCUT2D eigenvalue weighted by Crippen LogP contribution is -2.42. The highest BCUT2D eigenvalue weighted by molar-refractivity contribution is 5.72. The first-order valence-electron chi connectivity index (χ1n) is 9.42. The van der Waals surface area contributed by atoms with Gasteiger partial charge in [0.15, 0.2) is 0 Å². The molecule has 6 heteroatoms. The van der Waals surface area contributed by atoms with Crippen LogP contribution in [0.5, 0.6) is 0 Å². The minimum Gasteiger partial charge on any atom is -0.469 e. The Kier molecular flexibility index (Phi) is 7.53. The van der Waals surface area contributed by atoms with E-state index in [1.54, 1.807) is 0 Å². The predicted molar refractivity (Wildman–Crippen MR) is 97.9 cm³/mol. The van der Waals surface area contributed by atoms with E-state index >= 15 is 0 Å². The molecular formula is C20H31FN2O3. The van der Waals surface area contributed by atoms with Crippen molar-refractivity contribution in [1.82, 2.24) is 10.3 Å². The van der Waals surface area contributed by atoms with Crippen LogP contribution < -0.4 is 5.32 Å². The van der Waals surface area contributed by atoms with Gasteiger partial charge in [-0.1, -0.05) is 0 Å². The van der Waals surface area contributed by atoms with E-state index in [4.69, 9.17) is 4.74 Å². The van der Waals surface area contributed by atoms with Crippen molar-refractivity contribution in [2.45, 2.75) is 64.0 Å². The molecule has 1 aromatic heterocycles. The van der Waals surface area contributed by atoms with Crippen LogP contribution in [0.2, 0.25) is 0 Å². The van der Waals surface area contributed by atoms with Crippen LogP contribution in [0.25, 0.3) is 0 Å². The molecule has 1 aliphatic rings. The highest BCUT2D eigenvalue weighted by Gasteiger charge is 2.28. The molecule has 0 amide bonds. The normalized spacial score (nSPS) is 22.0. The molecule has 2 N–H and O–H groups in total. The standard InChI is InChI=1S/C20H31FN2O3/c1-20(2,23-13-18(24)16-10-17(21)12-22-11-16)9-8-14-4-6-15(7-5-14)19(25)26-3/h10-12,14-15,18,23-24H,4-9,13H2,1-3H3/t14-,15-,18-/m0/s1. The van der Waals surface area contributed by atoms with E-state index in [0.717, 1.165) is 44.7 Å². The number of aliphatic hydroxyl groups is 1. The summed E-state index contributed by atoms with van der Waals surface area (Å²) in [6, 6.07) is 1.31. The van der Waals surface area contributed by atoms with Crippen LogP contribution in [-0.2, 0) is 9.53 Å². The molecule has 0 saturated heterocycles. The maximum absolute atomic E-state index is 13.2. The number of halogens is 1. The average Bonchev–Trinajstić information content (AvgIpc) is 2.64. The lowest BCUT2D eigenvalue weighted by Gasteiger charge is -2.32. The first-order valence-corrected chi connectivity index (χ1v) is 9.42. The molecule has 1 heterocycles. The van der Waals surface area contributed by atoms with Crippen LogP contribution in [0.3, 0.4) is 0 Å². The Balaban J connectivity index is 1.72. The zero-order chi connectivity index (χ0) is 19.2. The fraction of sp³-hybridized carbons (Fsp3) is 0.700. The Labute approximate surface area is 155 Å². The number of nitrogens with one attached hydrogen (secondary N) is 1. The molecule has 0 bridgehead atoms. The molecule has 26 heavy (non-hydrogen) atoms. The SMILES string of the molecule is COC(=O)[C@H]1CC[C@H](CCC(C)(C)NC[C@H](O)c2cncc(F)c2)CC1. The van der Waals surface area contributed by atoms with Gasteiger partial charge in [0.05, 0.1) is 25.3 Å². The number of aromatic nitrogens is 1. The largest absolute Gasteiger partial charge is 0.469 e. The molecule has 146 valence electrons. The first-order chi connectivity index (χ1) is 12.3. The van der Waals surface area contributed by atoms with E-state index < -0.39 is 11.9 Å². The molecule has 1 aliphatic carbocycles. The minimum atomic E-state index is -0.784. The number of aliphatic hydroxyl groups excluding tert-OH is 1. The second kappa shape index (κ2) is 9.42. The number of rotatable bonds is 8. The van der Waals surface area contributed by atoms with Crippen molar-refractivity contribution >= 4 is 5.97 Å². The molecule has 2 rings (SSSR count). The van der Waals surface area contributed by atoms with Crippen LogP contribution in [0.4, 0.5) is 4.39 Å². The fourth-order valence-electron chi connectivity index (χ4n) is 3.61. The van der Waals surface area contributed by atoms with E-state index in [1.165, 1.54) is 19.4 Å². The van der Waals surface area contributed by atoms with E-state index in [9.17, 15) is 14.3 Å². The van der Waals surface area contributed by atoms with E-state index in [0.29, 0.717) is 18.0 Å². The number of β-amino-alcohol motifs (C(OH)–C–C–N with tert-alkyl or cyclic N) is 1. The number of hydrogen-bond acceptors (Lipinski definition) is 5. The highest BCUT2D eigenvalue weighted by atomic mass is 19.1. The monoisotopic (exact) mass is 366 g/mol. The van der Waals surface area contributed by atoms with Crippen molar-refractivity contribution in [3.8, 4) is 0 Å². The molecule has 1 fully saturated rings. The third-order valence-corrected chi connectivity index (χ3v) is 5.44. The Morgan fingerprint density at radius 1 is 1.38 bits per heavy atom. The number of nitrogens with zero attached hydrogens (tertiary/aromatic N) is 1. The number of pyridine rings is 1. The van der Waals surface area contributed by atoms with E-state index in [2.05, 4.69) is 24.1 Å². The molecule has 0 radical (unpaired) electrons. The number of carbonyl (C=O) groups excluding carboxylic acids is 1. The van der Waals surface area contributed by atoms with E-state index in [-0.39, 0.29) is 17.4 Å². The van der Waals surface area contributed by atoms with Crippen LogP contribution in [-0.4, -0.2) is 35.3 Å². The molecule has 1 aromatic rings. The van der Waals surface area contributed by atoms with Gasteiger partial charge in [-0.25, -0.2) is 4.39 Å². The fourth-order valence-corrected chi connectivity index (χ4v) is 3.61. The van der Waals surface area contributed by atoms with Gasteiger partial charge in [-0.15, -0.1) is 0 Å². The lowest BCUT2D eigenvalue weighted by atomic mass is 9.78. The number of carbonyl (C=O) groups is 1. The summed E-state index contributed by atoms with van der Waals surface area (Å²) in [7, 11) is 1.46. The number of methoxy groups -OCH3 is 1. The van der Waals surface area contributed by atoms with Crippen LogP contribution >= 0.6 is 0 Å². The summed E-state index contributed by atoms with van der Waals surface area (Å²) in [5.74, 6) is 0.182. The molecule has 0 aromatic carbocycles. The topological polar surface area (TPSA) is 71.5 Å². The molecule has 0 unspecified atom stereocenters. The van der Waals surface area contributed by atoms with Gasteiger partial charge in [-0.2, -0.15) is 0 Å². The lowest BCUT2D eigenvalue weighted by molar-refractivity contribution is -0.146. The zero-order valence-electron chi connectivity index (χ0n) is 16.0. The smallest absolute Gasteiger partial charge is 0.308 e. The summed E-state index contributed by atoms with van der Waals surface area (Å²) in [5, 5.41) is 13.6.